The molecule has 0 aliphatic rings. The van der Waals surface area contributed by atoms with Crippen LogP contribution in [0.1, 0.15) is 0 Å². The summed E-state index contributed by atoms with van der Waals surface area (Å²) in [5.74, 6) is 0. The van der Waals surface area contributed by atoms with Gasteiger partial charge < -0.3 is 4.98 Å². The van der Waals surface area contributed by atoms with Crippen molar-refractivity contribution in [3.63, 3.8) is 0 Å². The van der Waals surface area contributed by atoms with Gasteiger partial charge in [-0.1, -0.05) is 24.3 Å². The molecule has 0 aliphatic carbocycles. The Morgan fingerprint density at radius 3 is 2.75 bits per heavy atom. The summed E-state index contributed by atoms with van der Waals surface area (Å²) >= 11 is 1.62. The van der Waals surface area contributed by atoms with E-state index in [4.69, 9.17) is 0 Å². The molecule has 0 saturated heterocycles. The first-order chi connectivity index (χ1) is 7.84. The molecule has 0 atom stereocenters. The second kappa shape index (κ2) is 3.61. The average Bonchev–Trinajstić information content (AvgIpc) is 2.82. The third-order valence-corrected chi connectivity index (χ3v) is 3.44. The van der Waals surface area contributed by atoms with Crippen LogP contribution in [0.2, 0.25) is 0 Å². The molecular formula is C13H9NOS. The fraction of sp³-hybridized carbons (Fsp3) is 0. The number of H-pyrrole nitrogens is 1. The van der Waals surface area contributed by atoms with Crippen LogP contribution in [0.3, 0.4) is 0 Å². The molecule has 0 unspecified atom stereocenters. The zero-order chi connectivity index (χ0) is 11.0. The monoisotopic (exact) mass is 227 g/mol. The lowest BCUT2D eigenvalue weighted by atomic mass is 10.1. The minimum Gasteiger partial charge on any atom is -0.321 e. The van der Waals surface area contributed by atoms with Crippen molar-refractivity contribution in [2.75, 3.05) is 0 Å². The van der Waals surface area contributed by atoms with Gasteiger partial charge in [0.2, 0.25) is 0 Å². The number of aromatic nitrogens is 1. The summed E-state index contributed by atoms with van der Waals surface area (Å²) in [7, 11) is 0. The summed E-state index contributed by atoms with van der Waals surface area (Å²) in [5, 5.41) is 3.72. The van der Waals surface area contributed by atoms with Crippen LogP contribution < -0.4 is 5.56 Å². The number of pyridine rings is 1. The molecular weight excluding hydrogens is 218 g/mol. The zero-order valence-corrected chi connectivity index (χ0v) is 9.25. The van der Waals surface area contributed by atoms with Crippen molar-refractivity contribution in [1.29, 1.82) is 0 Å². The first-order valence-corrected chi connectivity index (χ1v) is 5.88. The van der Waals surface area contributed by atoms with Gasteiger partial charge in [-0.15, -0.1) is 11.3 Å². The molecule has 0 fully saturated rings. The standard InChI is InChI=1S/C13H9NOS/c15-13-10-5-2-1-4-9(10)8-11(14-13)12-6-3-7-16-12/h1-8H,(H,14,15). The minimum atomic E-state index is -0.0264. The van der Waals surface area contributed by atoms with Crippen LogP contribution in [-0.4, -0.2) is 4.98 Å². The number of thiophene rings is 1. The van der Waals surface area contributed by atoms with Crippen LogP contribution in [0.15, 0.2) is 52.6 Å². The van der Waals surface area contributed by atoms with E-state index in [1.165, 1.54) is 0 Å². The SMILES string of the molecule is O=c1[nH]c(-c2cccs2)cc2ccccc12. The van der Waals surface area contributed by atoms with Crippen molar-refractivity contribution >= 4 is 22.1 Å². The maximum atomic E-state index is 11.8. The number of aromatic amines is 1. The predicted octanol–water partition coefficient (Wildman–Crippen LogP) is 3.26. The van der Waals surface area contributed by atoms with Crippen molar-refractivity contribution in [1.82, 2.24) is 4.98 Å². The van der Waals surface area contributed by atoms with Gasteiger partial charge in [0.05, 0.1) is 10.6 Å². The van der Waals surface area contributed by atoms with Gasteiger partial charge >= 0.3 is 0 Å². The summed E-state index contributed by atoms with van der Waals surface area (Å²) in [6.45, 7) is 0. The molecule has 0 radical (unpaired) electrons. The van der Waals surface area contributed by atoms with Crippen molar-refractivity contribution < 1.29 is 0 Å². The quantitative estimate of drug-likeness (QED) is 0.680. The number of hydrogen-bond acceptors (Lipinski definition) is 2. The van der Waals surface area contributed by atoms with Crippen LogP contribution in [0, 0.1) is 0 Å². The Morgan fingerprint density at radius 2 is 1.94 bits per heavy atom. The molecule has 3 aromatic rings. The summed E-state index contributed by atoms with van der Waals surface area (Å²) in [6, 6.07) is 13.6. The average molecular weight is 227 g/mol. The highest BCUT2D eigenvalue weighted by Gasteiger charge is 2.03. The molecule has 3 rings (SSSR count). The fourth-order valence-electron chi connectivity index (χ4n) is 1.78. The number of benzene rings is 1. The first-order valence-electron chi connectivity index (χ1n) is 5.00. The summed E-state index contributed by atoms with van der Waals surface area (Å²) in [6.07, 6.45) is 0. The van der Waals surface area contributed by atoms with Crippen LogP contribution in [-0.2, 0) is 0 Å². The highest BCUT2D eigenvalue weighted by atomic mass is 32.1. The molecule has 3 heteroatoms. The number of fused-ring (bicyclic) bond motifs is 1. The topological polar surface area (TPSA) is 32.9 Å². The number of nitrogens with one attached hydrogen (secondary N) is 1. The van der Waals surface area contributed by atoms with Crippen molar-refractivity contribution in [3.8, 4) is 10.6 Å². The highest BCUT2D eigenvalue weighted by Crippen LogP contribution is 2.23. The molecule has 0 spiro atoms. The van der Waals surface area contributed by atoms with Crippen LogP contribution in [0.4, 0.5) is 0 Å². The molecule has 2 aromatic heterocycles. The van der Waals surface area contributed by atoms with Gasteiger partial charge in [-0.3, -0.25) is 4.79 Å². The molecule has 1 aromatic carbocycles. The van der Waals surface area contributed by atoms with Crippen LogP contribution in [0.5, 0.6) is 0 Å². The Labute approximate surface area is 96.2 Å². The van der Waals surface area contributed by atoms with Gasteiger partial charge in [0.25, 0.3) is 5.56 Å². The summed E-state index contributed by atoms with van der Waals surface area (Å²) < 4.78 is 0. The first kappa shape index (κ1) is 9.36. The number of hydrogen-bond donors (Lipinski definition) is 1. The zero-order valence-electron chi connectivity index (χ0n) is 8.44. The molecule has 78 valence electrons. The molecule has 0 amide bonds. The van der Waals surface area contributed by atoms with Gasteiger partial charge in [-0.05, 0) is 29.0 Å². The molecule has 0 saturated carbocycles. The van der Waals surface area contributed by atoms with Crippen molar-refractivity contribution in [2.45, 2.75) is 0 Å². The number of rotatable bonds is 1. The smallest absolute Gasteiger partial charge is 0.256 e. The Bertz CT molecular complexity index is 682. The lowest BCUT2D eigenvalue weighted by Gasteiger charge is -2.00. The Kier molecular flexibility index (Phi) is 2.11. The van der Waals surface area contributed by atoms with E-state index in [9.17, 15) is 4.79 Å². The molecule has 2 heterocycles. The van der Waals surface area contributed by atoms with Gasteiger partial charge in [0.1, 0.15) is 0 Å². The van der Waals surface area contributed by atoms with Crippen LogP contribution >= 0.6 is 11.3 Å². The highest BCUT2D eigenvalue weighted by molar-refractivity contribution is 7.13. The van der Waals surface area contributed by atoms with E-state index in [1.807, 2.05) is 47.8 Å². The van der Waals surface area contributed by atoms with E-state index in [-0.39, 0.29) is 5.56 Å². The molecule has 0 aliphatic heterocycles. The Morgan fingerprint density at radius 1 is 1.06 bits per heavy atom. The molecule has 0 bridgehead atoms. The third kappa shape index (κ3) is 1.46. The second-order valence-electron chi connectivity index (χ2n) is 3.58. The second-order valence-corrected chi connectivity index (χ2v) is 4.52. The van der Waals surface area contributed by atoms with Gasteiger partial charge in [0, 0.05) is 5.39 Å². The van der Waals surface area contributed by atoms with Crippen molar-refractivity contribution in [3.05, 3.63) is 58.2 Å². The predicted molar refractivity (Wildman–Crippen MR) is 67.9 cm³/mol. The maximum Gasteiger partial charge on any atom is 0.256 e. The lowest BCUT2D eigenvalue weighted by Crippen LogP contribution is -2.06. The van der Waals surface area contributed by atoms with E-state index >= 15 is 0 Å². The summed E-state index contributed by atoms with van der Waals surface area (Å²) in [4.78, 5) is 15.8. The molecule has 16 heavy (non-hydrogen) atoms. The van der Waals surface area contributed by atoms with E-state index in [0.29, 0.717) is 0 Å². The third-order valence-electron chi connectivity index (χ3n) is 2.54. The lowest BCUT2D eigenvalue weighted by molar-refractivity contribution is 1.29. The molecule has 1 N–H and O–H groups in total. The fourth-order valence-corrected chi connectivity index (χ4v) is 2.47. The van der Waals surface area contributed by atoms with Crippen LogP contribution in [0.25, 0.3) is 21.3 Å². The van der Waals surface area contributed by atoms with Crippen molar-refractivity contribution in [2.24, 2.45) is 0 Å². The van der Waals surface area contributed by atoms with Gasteiger partial charge in [-0.2, -0.15) is 0 Å². The van der Waals surface area contributed by atoms with Gasteiger partial charge in [-0.25, -0.2) is 0 Å². The largest absolute Gasteiger partial charge is 0.321 e. The van der Waals surface area contributed by atoms with E-state index < -0.39 is 0 Å². The minimum absolute atomic E-state index is 0.0264. The maximum absolute atomic E-state index is 11.8. The van der Waals surface area contributed by atoms with Gasteiger partial charge in [0.15, 0.2) is 0 Å². The van der Waals surface area contributed by atoms with E-state index in [0.717, 1.165) is 21.3 Å². The Balaban J connectivity index is 2.34. The van der Waals surface area contributed by atoms with E-state index in [2.05, 4.69) is 4.98 Å². The summed E-state index contributed by atoms with van der Waals surface area (Å²) in [5.41, 5.74) is 0.861. The normalized spacial score (nSPS) is 10.8. The Hall–Kier alpha value is -1.87. The van der Waals surface area contributed by atoms with E-state index in [1.54, 1.807) is 11.3 Å². The molecule has 2 nitrogen and oxygen atoms in total.